The average Bonchev–Trinajstić information content (AvgIpc) is 2.14. The zero-order chi connectivity index (χ0) is 10.3. The van der Waals surface area contributed by atoms with Crippen LogP contribution in [0.4, 0.5) is 5.82 Å². The summed E-state index contributed by atoms with van der Waals surface area (Å²) in [6, 6.07) is 3.28. The Kier molecular flexibility index (Phi) is 1.91. The first-order valence-electron chi connectivity index (χ1n) is 4.57. The van der Waals surface area contributed by atoms with Crippen LogP contribution in [0.1, 0.15) is 35.8 Å². The summed E-state index contributed by atoms with van der Waals surface area (Å²) in [4.78, 5) is 15.6. The number of esters is 1. The lowest BCUT2D eigenvalue weighted by Crippen LogP contribution is -2.29. The Morgan fingerprint density at radius 1 is 1.43 bits per heavy atom. The highest BCUT2D eigenvalue weighted by Gasteiger charge is 2.31. The lowest BCUT2D eigenvalue weighted by Gasteiger charge is -2.27. The van der Waals surface area contributed by atoms with Crippen molar-refractivity contribution in [2.75, 3.05) is 5.73 Å². The van der Waals surface area contributed by atoms with Crippen LogP contribution in [0.5, 0.6) is 0 Å². The Morgan fingerprint density at radius 2 is 2.14 bits per heavy atom. The monoisotopic (exact) mass is 192 g/mol. The van der Waals surface area contributed by atoms with E-state index in [1.54, 1.807) is 12.1 Å². The summed E-state index contributed by atoms with van der Waals surface area (Å²) >= 11 is 0. The van der Waals surface area contributed by atoms with E-state index in [0.717, 1.165) is 5.69 Å². The first kappa shape index (κ1) is 8.99. The van der Waals surface area contributed by atoms with E-state index >= 15 is 0 Å². The lowest BCUT2D eigenvalue weighted by atomic mass is 9.94. The maximum absolute atomic E-state index is 11.4. The van der Waals surface area contributed by atoms with Crippen LogP contribution >= 0.6 is 0 Å². The number of hydrogen-bond donors (Lipinski definition) is 1. The standard InChI is InChI=1S/C10H12N2O2/c1-5-6(2)14-10(13)7-3-4-8(11)12-9(5)7/h3-6H,1-2H3,(H2,11,12)/t5-,6-/m1/s1. The first-order chi connectivity index (χ1) is 6.59. The molecule has 14 heavy (non-hydrogen) atoms. The summed E-state index contributed by atoms with van der Waals surface area (Å²) < 4.78 is 5.15. The quantitative estimate of drug-likeness (QED) is 0.630. The summed E-state index contributed by atoms with van der Waals surface area (Å²) in [5.41, 5.74) is 6.85. The van der Waals surface area contributed by atoms with Gasteiger partial charge < -0.3 is 10.5 Å². The molecule has 0 unspecified atom stereocenters. The van der Waals surface area contributed by atoms with Gasteiger partial charge in [-0.25, -0.2) is 9.78 Å². The molecule has 0 aromatic carbocycles. The van der Waals surface area contributed by atoms with Gasteiger partial charge in [0, 0.05) is 5.92 Å². The van der Waals surface area contributed by atoms with E-state index in [-0.39, 0.29) is 18.0 Å². The lowest BCUT2D eigenvalue weighted by molar-refractivity contribution is 0.0235. The molecular weight excluding hydrogens is 180 g/mol. The number of nitrogens with two attached hydrogens (primary N) is 1. The van der Waals surface area contributed by atoms with Crippen LogP contribution in [0.15, 0.2) is 12.1 Å². The summed E-state index contributed by atoms with van der Waals surface area (Å²) in [5.74, 6) is 0.238. The van der Waals surface area contributed by atoms with Crippen LogP contribution in [0.3, 0.4) is 0 Å². The number of aromatic nitrogens is 1. The predicted molar refractivity (Wildman–Crippen MR) is 51.9 cm³/mol. The second-order valence-corrected chi connectivity index (χ2v) is 3.57. The van der Waals surface area contributed by atoms with Crippen molar-refractivity contribution in [2.24, 2.45) is 0 Å². The Bertz CT molecular complexity index is 390. The molecule has 4 heteroatoms. The molecular formula is C10H12N2O2. The number of hydrogen-bond acceptors (Lipinski definition) is 4. The summed E-state index contributed by atoms with van der Waals surface area (Å²) in [6.45, 7) is 3.83. The molecule has 1 aliphatic heterocycles. The summed E-state index contributed by atoms with van der Waals surface area (Å²) in [5, 5.41) is 0. The number of rotatable bonds is 0. The van der Waals surface area contributed by atoms with E-state index in [2.05, 4.69) is 4.98 Å². The number of ether oxygens (including phenoxy) is 1. The Labute approximate surface area is 82.1 Å². The van der Waals surface area contributed by atoms with E-state index in [4.69, 9.17) is 10.5 Å². The predicted octanol–water partition coefficient (Wildman–Crippen LogP) is 1.33. The number of cyclic esters (lactones) is 1. The zero-order valence-electron chi connectivity index (χ0n) is 8.15. The van der Waals surface area contributed by atoms with Crippen LogP contribution in [0.25, 0.3) is 0 Å². The number of anilines is 1. The highest BCUT2D eigenvalue weighted by molar-refractivity contribution is 5.92. The number of nitrogens with zero attached hydrogens (tertiary/aromatic N) is 1. The smallest absolute Gasteiger partial charge is 0.340 e. The van der Waals surface area contributed by atoms with Crippen LogP contribution in [0.2, 0.25) is 0 Å². The minimum atomic E-state index is -0.307. The highest BCUT2D eigenvalue weighted by atomic mass is 16.5. The third-order valence-corrected chi connectivity index (χ3v) is 2.59. The van der Waals surface area contributed by atoms with Crippen molar-refractivity contribution in [3.63, 3.8) is 0 Å². The van der Waals surface area contributed by atoms with Gasteiger partial charge in [-0.3, -0.25) is 0 Å². The molecule has 0 bridgehead atoms. The van der Waals surface area contributed by atoms with Gasteiger partial charge in [-0.05, 0) is 19.1 Å². The number of pyridine rings is 1. The summed E-state index contributed by atoms with van der Waals surface area (Å²) in [6.07, 6.45) is -0.135. The van der Waals surface area contributed by atoms with Gasteiger partial charge in [0.2, 0.25) is 0 Å². The minimum absolute atomic E-state index is 0.103. The van der Waals surface area contributed by atoms with E-state index in [0.29, 0.717) is 11.4 Å². The van der Waals surface area contributed by atoms with Gasteiger partial charge in [0.05, 0.1) is 11.3 Å². The maximum atomic E-state index is 11.4. The van der Waals surface area contributed by atoms with Crippen molar-refractivity contribution in [1.29, 1.82) is 0 Å². The van der Waals surface area contributed by atoms with Gasteiger partial charge in [0.1, 0.15) is 11.9 Å². The molecule has 74 valence electrons. The van der Waals surface area contributed by atoms with Crippen LogP contribution in [0, 0.1) is 0 Å². The van der Waals surface area contributed by atoms with Crippen molar-refractivity contribution in [3.8, 4) is 0 Å². The normalized spacial score (nSPS) is 25.4. The maximum Gasteiger partial charge on any atom is 0.340 e. The molecule has 2 heterocycles. The fourth-order valence-electron chi connectivity index (χ4n) is 1.57. The Balaban J connectivity index is 2.56. The molecule has 1 aliphatic rings. The van der Waals surface area contributed by atoms with Crippen molar-refractivity contribution in [3.05, 3.63) is 23.4 Å². The van der Waals surface area contributed by atoms with Crippen molar-refractivity contribution in [2.45, 2.75) is 25.9 Å². The molecule has 0 radical (unpaired) electrons. The third-order valence-electron chi connectivity index (χ3n) is 2.59. The van der Waals surface area contributed by atoms with Gasteiger partial charge in [0.15, 0.2) is 0 Å². The van der Waals surface area contributed by atoms with Crippen LogP contribution in [-0.2, 0) is 4.74 Å². The molecule has 0 fully saturated rings. The molecule has 0 spiro atoms. The van der Waals surface area contributed by atoms with E-state index < -0.39 is 0 Å². The fraction of sp³-hybridized carbons (Fsp3) is 0.400. The number of fused-ring (bicyclic) bond motifs is 1. The van der Waals surface area contributed by atoms with Gasteiger partial charge >= 0.3 is 5.97 Å². The number of carbonyl (C=O) groups is 1. The molecule has 2 rings (SSSR count). The van der Waals surface area contributed by atoms with Gasteiger partial charge in [-0.15, -0.1) is 0 Å². The van der Waals surface area contributed by atoms with E-state index in [1.807, 2.05) is 13.8 Å². The second-order valence-electron chi connectivity index (χ2n) is 3.57. The largest absolute Gasteiger partial charge is 0.458 e. The number of nitrogen functional groups attached to an aromatic ring is 1. The topological polar surface area (TPSA) is 65.2 Å². The minimum Gasteiger partial charge on any atom is -0.458 e. The molecule has 1 aromatic rings. The molecule has 0 saturated carbocycles. The molecule has 0 amide bonds. The Morgan fingerprint density at radius 3 is 2.86 bits per heavy atom. The number of carbonyl (C=O) groups excluding carboxylic acids is 1. The molecule has 4 nitrogen and oxygen atoms in total. The van der Waals surface area contributed by atoms with E-state index in [9.17, 15) is 4.79 Å². The van der Waals surface area contributed by atoms with Crippen molar-refractivity contribution >= 4 is 11.8 Å². The van der Waals surface area contributed by atoms with E-state index in [1.165, 1.54) is 0 Å². The first-order valence-corrected chi connectivity index (χ1v) is 4.57. The average molecular weight is 192 g/mol. The second kappa shape index (κ2) is 2.97. The fourth-order valence-corrected chi connectivity index (χ4v) is 1.57. The van der Waals surface area contributed by atoms with Crippen molar-refractivity contribution in [1.82, 2.24) is 4.98 Å². The molecule has 1 aromatic heterocycles. The summed E-state index contributed by atoms with van der Waals surface area (Å²) in [7, 11) is 0. The SMILES string of the molecule is C[C@H]1OC(=O)c2ccc(N)nc2[C@@H]1C. The molecule has 0 aliphatic carbocycles. The van der Waals surface area contributed by atoms with Crippen molar-refractivity contribution < 1.29 is 9.53 Å². The van der Waals surface area contributed by atoms with Gasteiger partial charge in [-0.1, -0.05) is 6.92 Å². The molecule has 2 N–H and O–H groups in total. The third kappa shape index (κ3) is 1.23. The van der Waals surface area contributed by atoms with Crippen LogP contribution < -0.4 is 5.73 Å². The van der Waals surface area contributed by atoms with Gasteiger partial charge in [-0.2, -0.15) is 0 Å². The molecule has 2 atom stereocenters. The van der Waals surface area contributed by atoms with Gasteiger partial charge in [0.25, 0.3) is 0 Å². The highest BCUT2D eigenvalue weighted by Crippen LogP contribution is 2.29. The zero-order valence-corrected chi connectivity index (χ0v) is 8.15. The Hall–Kier alpha value is -1.58. The van der Waals surface area contributed by atoms with Crippen LogP contribution in [-0.4, -0.2) is 17.1 Å². The molecule has 0 saturated heterocycles.